The number of rotatable bonds is 4. The van der Waals surface area contributed by atoms with Gasteiger partial charge in [-0.25, -0.2) is 9.97 Å². The molecular formula is C20H15ClN4O. The predicted octanol–water partition coefficient (Wildman–Crippen LogP) is 4.45. The lowest BCUT2D eigenvalue weighted by atomic mass is 10.1. The van der Waals surface area contributed by atoms with Gasteiger partial charge in [-0.1, -0.05) is 29.8 Å². The fraction of sp³-hybridized carbons (Fsp3) is 0.0500. The van der Waals surface area contributed by atoms with Gasteiger partial charge < -0.3 is 10.3 Å². The second-order valence-electron chi connectivity index (χ2n) is 5.88. The van der Waals surface area contributed by atoms with Crippen molar-refractivity contribution in [2.75, 3.05) is 5.32 Å². The number of anilines is 1. The number of nitrogens with one attached hydrogen (secondary N) is 2. The Morgan fingerprint density at radius 1 is 1.08 bits per heavy atom. The van der Waals surface area contributed by atoms with Crippen LogP contribution in [-0.4, -0.2) is 20.9 Å². The third-order valence-corrected chi connectivity index (χ3v) is 4.45. The Bertz CT molecular complexity index is 1070. The molecule has 0 unspecified atom stereocenters. The molecule has 4 aromatic rings. The molecule has 1 aromatic carbocycles. The minimum atomic E-state index is -0.279. The van der Waals surface area contributed by atoms with Gasteiger partial charge in [-0.2, -0.15) is 0 Å². The fourth-order valence-electron chi connectivity index (χ4n) is 2.81. The number of pyridine rings is 2. The molecule has 3 aromatic heterocycles. The third-order valence-electron chi connectivity index (χ3n) is 4.12. The van der Waals surface area contributed by atoms with Crippen LogP contribution >= 0.6 is 11.6 Å². The number of fused-ring (bicyclic) bond motifs is 1. The first kappa shape index (κ1) is 16.3. The highest BCUT2D eigenvalue weighted by atomic mass is 35.5. The predicted molar refractivity (Wildman–Crippen MR) is 103 cm³/mol. The molecule has 4 rings (SSSR count). The summed E-state index contributed by atoms with van der Waals surface area (Å²) in [5, 5.41) is 4.28. The van der Waals surface area contributed by atoms with Crippen molar-refractivity contribution in [3.05, 3.63) is 88.8 Å². The summed E-state index contributed by atoms with van der Waals surface area (Å²) in [6, 6.07) is 14.6. The van der Waals surface area contributed by atoms with E-state index in [1.807, 2.05) is 24.4 Å². The average Bonchev–Trinajstić information content (AvgIpc) is 3.07. The molecule has 1 amide bonds. The van der Waals surface area contributed by atoms with E-state index in [1.165, 1.54) is 0 Å². The number of benzene rings is 1. The summed E-state index contributed by atoms with van der Waals surface area (Å²) in [5.74, 6) is 0.206. The maximum Gasteiger partial charge on any atom is 0.258 e. The maximum absolute atomic E-state index is 12.3. The summed E-state index contributed by atoms with van der Waals surface area (Å²) in [7, 11) is 0. The van der Waals surface area contributed by atoms with Crippen molar-refractivity contribution >= 4 is 34.4 Å². The molecule has 0 aliphatic rings. The van der Waals surface area contributed by atoms with E-state index in [1.54, 1.807) is 42.7 Å². The van der Waals surface area contributed by atoms with Crippen LogP contribution in [0.25, 0.3) is 11.0 Å². The topological polar surface area (TPSA) is 70.7 Å². The van der Waals surface area contributed by atoms with Gasteiger partial charge in [0.15, 0.2) is 0 Å². The van der Waals surface area contributed by atoms with Gasteiger partial charge >= 0.3 is 0 Å². The van der Waals surface area contributed by atoms with Crippen LogP contribution in [0.3, 0.4) is 0 Å². The zero-order valence-electron chi connectivity index (χ0n) is 13.7. The maximum atomic E-state index is 12.3. The zero-order valence-corrected chi connectivity index (χ0v) is 14.5. The Morgan fingerprint density at radius 2 is 1.96 bits per heavy atom. The van der Waals surface area contributed by atoms with Crippen molar-refractivity contribution in [1.82, 2.24) is 15.0 Å². The summed E-state index contributed by atoms with van der Waals surface area (Å²) in [4.78, 5) is 24.1. The van der Waals surface area contributed by atoms with Gasteiger partial charge in [0, 0.05) is 30.4 Å². The normalized spacial score (nSPS) is 10.8. The number of aromatic nitrogens is 3. The van der Waals surface area contributed by atoms with Crippen LogP contribution in [0.4, 0.5) is 5.82 Å². The smallest absolute Gasteiger partial charge is 0.258 e. The van der Waals surface area contributed by atoms with Crippen molar-refractivity contribution in [2.45, 2.75) is 6.42 Å². The average molecular weight is 363 g/mol. The number of carbonyl (C=O) groups excluding carboxylic acids is 1. The number of carbonyl (C=O) groups is 1. The lowest BCUT2D eigenvalue weighted by molar-refractivity contribution is 0.102. The number of H-pyrrole nitrogens is 1. The first-order valence-electron chi connectivity index (χ1n) is 8.12. The van der Waals surface area contributed by atoms with Gasteiger partial charge in [0.05, 0.1) is 10.6 Å². The molecular weight excluding hydrogens is 348 g/mol. The van der Waals surface area contributed by atoms with E-state index < -0.39 is 0 Å². The second-order valence-corrected chi connectivity index (χ2v) is 6.28. The zero-order chi connectivity index (χ0) is 17.9. The minimum Gasteiger partial charge on any atom is -0.346 e. The van der Waals surface area contributed by atoms with Crippen LogP contribution in [-0.2, 0) is 6.42 Å². The minimum absolute atomic E-state index is 0.279. The Labute approximate surface area is 155 Å². The summed E-state index contributed by atoms with van der Waals surface area (Å²) in [5.41, 5.74) is 3.50. The number of halogens is 1. The number of hydrogen-bond acceptors (Lipinski definition) is 3. The Morgan fingerprint density at radius 3 is 2.77 bits per heavy atom. The van der Waals surface area contributed by atoms with Crippen molar-refractivity contribution in [3.8, 4) is 0 Å². The molecule has 3 heterocycles. The standard InChI is InChI=1S/C20H15ClN4O/c21-17-6-2-1-4-16(17)20(26)25-18-8-7-13(11-23-18)10-14-12-24-19-15(14)5-3-9-22-19/h1-9,11-12H,10H2,(H,22,24)(H,23,25,26). The molecule has 2 N–H and O–H groups in total. The number of hydrogen-bond donors (Lipinski definition) is 2. The van der Waals surface area contributed by atoms with E-state index in [4.69, 9.17) is 11.6 Å². The molecule has 0 fully saturated rings. The van der Waals surface area contributed by atoms with Crippen molar-refractivity contribution < 1.29 is 4.79 Å². The van der Waals surface area contributed by atoms with Crippen molar-refractivity contribution in [1.29, 1.82) is 0 Å². The lowest BCUT2D eigenvalue weighted by Crippen LogP contribution is -2.13. The Kier molecular flexibility index (Phi) is 4.37. The Hall–Kier alpha value is -3.18. The van der Waals surface area contributed by atoms with Crippen LogP contribution in [0.15, 0.2) is 67.1 Å². The van der Waals surface area contributed by atoms with E-state index in [-0.39, 0.29) is 5.91 Å². The number of aromatic amines is 1. The van der Waals surface area contributed by atoms with E-state index >= 15 is 0 Å². The van der Waals surface area contributed by atoms with Gasteiger partial charge in [-0.3, -0.25) is 4.79 Å². The van der Waals surface area contributed by atoms with E-state index in [9.17, 15) is 4.79 Å². The lowest BCUT2D eigenvalue weighted by Gasteiger charge is -2.07. The Balaban J connectivity index is 1.48. The molecule has 0 aliphatic heterocycles. The first-order chi connectivity index (χ1) is 12.7. The molecule has 5 nitrogen and oxygen atoms in total. The fourth-order valence-corrected chi connectivity index (χ4v) is 3.03. The third kappa shape index (κ3) is 3.30. The first-order valence-corrected chi connectivity index (χ1v) is 8.50. The SMILES string of the molecule is O=C(Nc1ccc(Cc2c[nH]c3ncccc23)cn1)c1ccccc1Cl. The highest BCUT2D eigenvalue weighted by Crippen LogP contribution is 2.20. The van der Waals surface area contributed by atoms with E-state index in [0.29, 0.717) is 16.4 Å². The van der Waals surface area contributed by atoms with Crippen LogP contribution in [0.1, 0.15) is 21.5 Å². The van der Waals surface area contributed by atoms with Crippen LogP contribution in [0.5, 0.6) is 0 Å². The molecule has 0 radical (unpaired) electrons. The monoisotopic (exact) mass is 362 g/mol. The summed E-state index contributed by atoms with van der Waals surface area (Å²) in [6.45, 7) is 0. The summed E-state index contributed by atoms with van der Waals surface area (Å²) >= 11 is 6.05. The largest absolute Gasteiger partial charge is 0.346 e. The van der Waals surface area contributed by atoms with E-state index in [2.05, 4.69) is 20.3 Å². The second kappa shape index (κ2) is 6.98. The van der Waals surface area contributed by atoms with E-state index in [0.717, 1.165) is 28.6 Å². The molecule has 0 saturated carbocycles. The molecule has 26 heavy (non-hydrogen) atoms. The van der Waals surface area contributed by atoms with Gasteiger partial charge in [-0.15, -0.1) is 0 Å². The number of amides is 1. The molecule has 128 valence electrons. The molecule has 0 saturated heterocycles. The van der Waals surface area contributed by atoms with Crippen molar-refractivity contribution in [2.24, 2.45) is 0 Å². The molecule has 6 heteroatoms. The summed E-state index contributed by atoms with van der Waals surface area (Å²) < 4.78 is 0. The van der Waals surface area contributed by atoms with Crippen molar-refractivity contribution in [3.63, 3.8) is 0 Å². The van der Waals surface area contributed by atoms with Crippen LogP contribution < -0.4 is 5.32 Å². The number of nitrogens with zero attached hydrogens (tertiary/aromatic N) is 2. The highest BCUT2D eigenvalue weighted by Gasteiger charge is 2.11. The van der Waals surface area contributed by atoms with Crippen LogP contribution in [0, 0.1) is 0 Å². The molecule has 0 bridgehead atoms. The van der Waals surface area contributed by atoms with Gasteiger partial charge in [0.1, 0.15) is 11.5 Å². The molecule has 0 atom stereocenters. The quantitative estimate of drug-likeness (QED) is 0.563. The van der Waals surface area contributed by atoms with Crippen LogP contribution in [0.2, 0.25) is 5.02 Å². The van der Waals surface area contributed by atoms with Gasteiger partial charge in [0.2, 0.25) is 0 Å². The molecule has 0 aliphatic carbocycles. The van der Waals surface area contributed by atoms with Gasteiger partial charge in [0.25, 0.3) is 5.91 Å². The molecule has 0 spiro atoms. The summed E-state index contributed by atoms with van der Waals surface area (Å²) in [6.07, 6.45) is 6.22. The van der Waals surface area contributed by atoms with Gasteiger partial charge in [-0.05, 0) is 41.5 Å². The highest BCUT2D eigenvalue weighted by molar-refractivity contribution is 6.34.